The van der Waals surface area contributed by atoms with E-state index in [1.54, 1.807) is 12.7 Å². The van der Waals surface area contributed by atoms with Crippen molar-refractivity contribution in [2.75, 3.05) is 20.3 Å². The van der Waals surface area contributed by atoms with Crippen LogP contribution >= 0.6 is 0 Å². The molecule has 3 aliphatic heterocycles. The summed E-state index contributed by atoms with van der Waals surface area (Å²) in [6.07, 6.45) is 9.48. The minimum absolute atomic E-state index is 0.0641. The summed E-state index contributed by atoms with van der Waals surface area (Å²) in [5.74, 6) is 1.90. The number of methoxy groups -OCH3 is 1. The van der Waals surface area contributed by atoms with E-state index in [1.165, 1.54) is 30.4 Å². The van der Waals surface area contributed by atoms with Gasteiger partial charge in [-0.1, -0.05) is 0 Å². The van der Waals surface area contributed by atoms with E-state index < -0.39 is 0 Å². The summed E-state index contributed by atoms with van der Waals surface area (Å²) in [6.45, 7) is 1.79. The minimum Gasteiger partial charge on any atom is -0.497 e. The van der Waals surface area contributed by atoms with Gasteiger partial charge in [-0.05, 0) is 92.7 Å². The van der Waals surface area contributed by atoms with Crippen LogP contribution in [0.25, 0.3) is 0 Å². The van der Waals surface area contributed by atoms with Crippen molar-refractivity contribution in [2.45, 2.75) is 74.0 Å². The molecule has 5 fully saturated rings. The van der Waals surface area contributed by atoms with Crippen molar-refractivity contribution >= 4 is 0 Å². The fourth-order valence-electron chi connectivity index (χ4n) is 6.85. The number of fused-ring (bicyclic) bond motifs is 3. The van der Waals surface area contributed by atoms with Crippen LogP contribution in [0, 0.1) is 5.92 Å². The van der Waals surface area contributed by atoms with Crippen LogP contribution < -0.4 is 15.8 Å². The van der Waals surface area contributed by atoms with Crippen LogP contribution in [0.2, 0.25) is 0 Å². The number of rotatable bonds is 3. The lowest BCUT2D eigenvalue weighted by atomic mass is 9.45. The second kappa shape index (κ2) is 5.03. The third-order valence-electron chi connectivity index (χ3n) is 8.26. The van der Waals surface area contributed by atoms with Gasteiger partial charge in [0.25, 0.3) is 0 Å². The number of nitrogens with two attached hydrogens (primary N) is 1. The Balaban J connectivity index is 1.58. The van der Waals surface area contributed by atoms with Crippen molar-refractivity contribution < 1.29 is 9.47 Å². The van der Waals surface area contributed by atoms with Crippen LogP contribution in [0.5, 0.6) is 5.75 Å². The molecule has 26 heavy (non-hydrogen) atoms. The average molecular weight is 354 g/mol. The van der Waals surface area contributed by atoms with Crippen molar-refractivity contribution in [3.05, 3.63) is 28.8 Å². The van der Waals surface area contributed by atoms with Gasteiger partial charge in [0.2, 0.25) is 0 Å². The molecule has 4 nitrogen and oxygen atoms in total. The zero-order valence-electron chi connectivity index (χ0n) is 15.8. The van der Waals surface area contributed by atoms with E-state index in [0.29, 0.717) is 6.04 Å². The summed E-state index contributed by atoms with van der Waals surface area (Å²) in [5.41, 5.74) is 11.3. The number of nitrogens with one attached hydrogen (secondary N) is 1. The molecule has 0 amide bonds. The van der Waals surface area contributed by atoms with Crippen molar-refractivity contribution in [3.63, 3.8) is 0 Å². The molecule has 4 unspecified atom stereocenters. The number of benzene rings is 1. The maximum absolute atomic E-state index is 6.81. The molecule has 3 N–H and O–H groups in total. The molecule has 4 bridgehead atoms. The fraction of sp³-hybridized carbons (Fsp3) is 0.727. The Morgan fingerprint density at radius 2 is 2.15 bits per heavy atom. The van der Waals surface area contributed by atoms with E-state index in [2.05, 4.69) is 17.4 Å². The van der Waals surface area contributed by atoms with E-state index in [0.717, 1.165) is 56.9 Å². The maximum atomic E-state index is 6.81. The smallest absolute Gasteiger partial charge is 0.119 e. The van der Waals surface area contributed by atoms with Crippen LogP contribution in [0.4, 0.5) is 0 Å². The van der Waals surface area contributed by atoms with Gasteiger partial charge in [0.15, 0.2) is 0 Å². The number of hydrogen-bond donors (Lipinski definition) is 2. The molecule has 7 rings (SSSR count). The first kappa shape index (κ1) is 15.9. The molecule has 0 aromatic heterocycles. The number of ether oxygens (including phenoxy) is 2. The van der Waals surface area contributed by atoms with Gasteiger partial charge in [-0.15, -0.1) is 0 Å². The second-order valence-corrected chi connectivity index (χ2v) is 9.72. The molecule has 1 spiro atoms. The normalized spacial score (nSPS) is 42.9. The summed E-state index contributed by atoms with van der Waals surface area (Å²) in [4.78, 5) is 0. The fourth-order valence-corrected chi connectivity index (χ4v) is 6.85. The SMILES string of the molecule is COc1cc(CC2CC2)c2c(c1)C13CCNC(C2)C12CCC(N)(CO2)C3. The van der Waals surface area contributed by atoms with E-state index in [9.17, 15) is 0 Å². The number of piperidine rings is 1. The average Bonchev–Trinajstić information content (AvgIpc) is 3.45. The molecule has 140 valence electrons. The summed E-state index contributed by atoms with van der Waals surface area (Å²) in [7, 11) is 1.80. The molecular formula is C22H30N2O2. The van der Waals surface area contributed by atoms with Gasteiger partial charge in [0.05, 0.1) is 19.3 Å². The molecule has 3 heterocycles. The largest absolute Gasteiger partial charge is 0.497 e. The first-order valence-corrected chi connectivity index (χ1v) is 10.4. The molecule has 4 atom stereocenters. The molecule has 3 saturated heterocycles. The van der Waals surface area contributed by atoms with Crippen molar-refractivity contribution in [1.82, 2.24) is 5.32 Å². The molecule has 0 radical (unpaired) electrons. The van der Waals surface area contributed by atoms with E-state index >= 15 is 0 Å². The van der Waals surface area contributed by atoms with Crippen LogP contribution in [0.1, 0.15) is 55.2 Å². The van der Waals surface area contributed by atoms with Gasteiger partial charge in [-0.2, -0.15) is 0 Å². The third-order valence-corrected chi connectivity index (χ3v) is 8.26. The molecule has 1 aromatic rings. The van der Waals surface area contributed by atoms with Gasteiger partial charge in [0, 0.05) is 17.0 Å². The Bertz CT molecular complexity index is 764. The van der Waals surface area contributed by atoms with Gasteiger partial charge >= 0.3 is 0 Å². The number of hydrogen-bond acceptors (Lipinski definition) is 4. The highest BCUT2D eigenvalue weighted by molar-refractivity contribution is 5.54. The van der Waals surface area contributed by atoms with Gasteiger partial charge < -0.3 is 20.5 Å². The molecular weight excluding hydrogens is 324 g/mol. The summed E-state index contributed by atoms with van der Waals surface area (Å²) in [6, 6.07) is 5.07. The molecule has 4 heteroatoms. The van der Waals surface area contributed by atoms with E-state index in [-0.39, 0.29) is 16.6 Å². The van der Waals surface area contributed by atoms with Gasteiger partial charge in [0.1, 0.15) is 5.75 Å². The zero-order chi connectivity index (χ0) is 17.6. The van der Waals surface area contributed by atoms with Crippen LogP contribution in [-0.2, 0) is 23.0 Å². The van der Waals surface area contributed by atoms with E-state index in [1.807, 2.05) is 0 Å². The third kappa shape index (κ3) is 1.91. The molecule has 6 aliphatic rings. The Hall–Kier alpha value is -1.10. The Morgan fingerprint density at radius 1 is 1.27 bits per heavy atom. The predicted molar refractivity (Wildman–Crippen MR) is 101 cm³/mol. The highest BCUT2D eigenvalue weighted by Crippen LogP contribution is 2.63. The summed E-state index contributed by atoms with van der Waals surface area (Å²) < 4.78 is 12.4. The van der Waals surface area contributed by atoms with E-state index in [4.69, 9.17) is 15.2 Å². The predicted octanol–water partition coefficient (Wildman–Crippen LogP) is 2.45. The quantitative estimate of drug-likeness (QED) is 0.875. The lowest BCUT2D eigenvalue weighted by Gasteiger charge is -2.69. The van der Waals surface area contributed by atoms with Crippen molar-refractivity contribution in [3.8, 4) is 5.75 Å². The Morgan fingerprint density at radius 3 is 2.88 bits per heavy atom. The molecule has 1 aromatic carbocycles. The Labute approximate surface area is 155 Å². The lowest BCUT2D eigenvalue weighted by molar-refractivity contribution is -0.235. The second-order valence-electron chi connectivity index (χ2n) is 9.72. The van der Waals surface area contributed by atoms with Gasteiger partial charge in [-0.25, -0.2) is 0 Å². The Kier molecular flexibility index (Phi) is 3.08. The highest BCUT2D eigenvalue weighted by Gasteiger charge is 2.69. The van der Waals surface area contributed by atoms with Crippen LogP contribution in [0.3, 0.4) is 0 Å². The zero-order valence-corrected chi connectivity index (χ0v) is 15.8. The minimum atomic E-state index is -0.155. The maximum Gasteiger partial charge on any atom is 0.119 e. The summed E-state index contributed by atoms with van der Waals surface area (Å²) in [5, 5.41) is 3.84. The topological polar surface area (TPSA) is 56.5 Å². The standard InChI is InChI=1S/C22H30N2O2/c1-25-16-9-15(8-14-2-3-14)17-11-19-22-5-4-20(23,13-26-22)12-21(22,6-7-24-19)18(17)10-16/h9-10,14,19,24H,2-8,11-13,23H2,1H3. The highest BCUT2D eigenvalue weighted by atomic mass is 16.5. The first-order chi connectivity index (χ1) is 12.6. The monoisotopic (exact) mass is 354 g/mol. The van der Waals surface area contributed by atoms with Crippen LogP contribution in [0.15, 0.2) is 12.1 Å². The van der Waals surface area contributed by atoms with Crippen LogP contribution in [-0.4, -0.2) is 37.4 Å². The lowest BCUT2D eigenvalue weighted by Crippen LogP contribution is -2.80. The van der Waals surface area contributed by atoms with Crippen molar-refractivity contribution in [1.29, 1.82) is 0 Å². The van der Waals surface area contributed by atoms with Gasteiger partial charge in [-0.3, -0.25) is 0 Å². The van der Waals surface area contributed by atoms with Crippen molar-refractivity contribution in [2.24, 2.45) is 11.7 Å². The first-order valence-electron chi connectivity index (χ1n) is 10.4. The molecule has 2 saturated carbocycles. The molecule has 3 aliphatic carbocycles. The summed E-state index contributed by atoms with van der Waals surface area (Å²) >= 11 is 0.